The molecule has 6 N–H and O–H groups in total. The Labute approximate surface area is 120 Å². The van der Waals surface area contributed by atoms with E-state index in [4.69, 9.17) is 21.9 Å². The molecule has 1 heterocycles. The summed E-state index contributed by atoms with van der Waals surface area (Å²) >= 11 is 1.49. The Balaban J connectivity index is 2.11. The van der Waals surface area contributed by atoms with Gasteiger partial charge in [-0.05, 0) is 25.1 Å². The SMILES string of the molecule is CCOc1ccc(N)c(SCc2nc(N)nc(N)n2)c1. The van der Waals surface area contributed by atoms with E-state index in [0.717, 1.165) is 10.6 Å². The lowest BCUT2D eigenvalue weighted by atomic mass is 10.3. The van der Waals surface area contributed by atoms with Crippen LogP contribution in [-0.4, -0.2) is 21.6 Å². The van der Waals surface area contributed by atoms with Gasteiger partial charge in [-0.15, -0.1) is 11.8 Å². The number of nitrogen functional groups attached to an aromatic ring is 3. The van der Waals surface area contributed by atoms with Crippen molar-refractivity contribution in [3.63, 3.8) is 0 Å². The molecule has 0 aliphatic rings. The quantitative estimate of drug-likeness (QED) is 0.556. The van der Waals surface area contributed by atoms with E-state index in [1.807, 2.05) is 25.1 Å². The highest BCUT2D eigenvalue weighted by molar-refractivity contribution is 7.98. The molecule has 0 saturated heterocycles. The minimum atomic E-state index is 0.115. The van der Waals surface area contributed by atoms with Gasteiger partial charge in [-0.1, -0.05) is 0 Å². The average Bonchev–Trinajstić information content (AvgIpc) is 2.38. The van der Waals surface area contributed by atoms with Crippen molar-refractivity contribution in [3.8, 4) is 5.75 Å². The van der Waals surface area contributed by atoms with Gasteiger partial charge in [0.25, 0.3) is 0 Å². The number of hydrogen-bond acceptors (Lipinski definition) is 8. The van der Waals surface area contributed by atoms with Crippen molar-refractivity contribution in [2.24, 2.45) is 0 Å². The van der Waals surface area contributed by atoms with Crippen LogP contribution < -0.4 is 21.9 Å². The first kappa shape index (κ1) is 14.2. The summed E-state index contributed by atoms with van der Waals surface area (Å²) in [4.78, 5) is 12.7. The minimum Gasteiger partial charge on any atom is -0.494 e. The van der Waals surface area contributed by atoms with Crippen LogP contribution in [0, 0.1) is 0 Å². The first-order valence-corrected chi connectivity index (χ1v) is 6.98. The van der Waals surface area contributed by atoms with Crippen LogP contribution in [0.1, 0.15) is 12.7 Å². The Morgan fingerprint density at radius 2 is 1.80 bits per heavy atom. The molecule has 8 heteroatoms. The molecule has 106 valence electrons. The Morgan fingerprint density at radius 1 is 1.10 bits per heavy atom. The number of nitrogens with two attached hydrogens (primary N) is 3. The van der Waals surface area contributed by atoms with Gasteiger partial charge in [-0.25, -0.2) is 0 Å². The molecule has 2 rings (SSSR count). The fraction of sp³-hybridized carbons (Fsp3) is 0.250. The average molecular weight is 292 g/mol. The summed E-state index contributed by atoms with van der Waals surface area (Å²) in [5.74, 6) is 2.02. The van der Waals surface area contributed by atoms with Crippen LogP contribution in [0.5, 0.6) is 5.75 Å². The van der Waals surface area contributed by atoms with Crippen molar-refractivity contribution in [1.29, 1.82) is 0 Å². The van der Waals surface area contributed by atoms with Gasteiger partial charge in [0.05, 0.1) is 12.4 Å². The van der Waals surface area contributed by atoms with E-state index >= 15 is 0 Å². The van der Waals surface area contributed by atoms with Gasteiger partial charge in [-0.2, -0.15) is 15.0 Å². The number of ether oxygens (including phenoxy) is 1. The van der Waals surface area contributed by atoms with Crippen molar-refractivity contribution >= 4 is 29.3 Å². The third kappa shape index (κ3) is 3.64. The lowest BCUT2D eigenvalue weighted by molar-refractivity contribution is 0.339. The number of nitrogens with zero attached hydrogens (tertiary/aromatic N) is 3. The molecule has 1 aromatic heterocycles. The lowest BCUT2D eigenvalue weighted by Gasteiger charge is -2.08. The van der Waals surface area contributed by atoms with Crippen LogP contribution in [0.2, 0.25) is 0 Å². The van der Waals surface area contributed by atoms with Gasteiger partial charge in [0.2, 0.25) is 11.9 Å². The maximum atomic E-state index is 5.93. The lowest BCUT2D eigenvalue weighted by Crippen LogP contribution is -2.06. The van der Waals surface area contributed by atoms with E-state index in [2.05, 4.69) is 15.0 Å². The number of anilines is 3. The van der Waals surface area contributed by atoms with E-state index in [1.54, 1.807) is 0 Å². The van der Waals surface area contributed by atoms with E-state index in [9.17, 15) is 0 Å². The molecule has 0 radical (unpaired) electrons. The molecule has 0 aliphatic carbocycles. The Morgan fingerprint density at radius 3 is 2.45 bits per heavy atom. The van der Waals surface area contributed by atoms with Crippen molar-refractivity contribution < 1.29 is 4.74 Å². The van der Waals surface area contributed by atoms with Gasteiger partial charge >= 0.3 is 0 Å². The molecule has 7 nitrogen and oxygen atoms in total. The zero-order valence-corrected chi connectivity index (χ0v) is 11.9. The van der Waals surface area contributed by atoms with E-state index < -0.39 is 0 Å². The minimum absolute atomic E-state index is 0.115. The summed E-state index contributed by atoms with van der Waals surface area (Å²) in [6.45, 7) is 2.54. The molecule has 2 aromatic rings. The van der Waals surface area contributed by atoms with Crippen molar-refractivity contribution in [2.75, 3.05) is 23.8 Å². The highest BCUT2D eigenvalue weighted by Gasteiger charge is 2.07. The second kappa shape index (κ2) is 6.29. The highest BCUT2D eigenvalue weighted by Crippen LogP contribution is 2.31. The molecule has 0 bridgehead atoms. The molecule has 0 fully saturated rings. The van der Waals surface area contributed by atoms with Gasteiger partial charge < -0.3 is 21.9 Å². The van der Waals surface area contributed by atoms with E-state index in [-0.39, 0.29) is 11.9 Å². The number of aromatic nitrogens is 3. The normalized spacial score (nSPS) is 10.4. The summed E-state index contributed by atoms with van der Waals surface area (Å²) in [6.07, 6.45) is 0. The standard InChI is InChI=1S/C12H16N6OS/c1-2-19-7-3-4-8(13)9(5-7)20-6-10-16-11(14)18-12(15)17-10/h3-5H,2,6,13H2,1H3,(H4,14,15,16,17,18). The fourth-order valence-corrected chi connectivity index (χ4v) is 2.41. The van der Waals surface area contributed by atoms with Gasteiger partial charge in [0.15, 0.2) is 0 Å². The van der Waals surface area contributed by atoms with Crippen molar-refractivity contribution in [2.45, 2.75) is 17.6 Å². The van der Waals surface area contributed by atoms with Gasteiger partial charge in [0.1, 0.15) is 11.6 Å². The smallest absolute Gasteiger partial charge is 0.225 e. The monoisotopic (exact) mass is 292 g/mol. The molecular weight excluding hydrogens is 276 g/mol. The maximum Gasteiger partial charge on any atom is 0.225 e. The molecular formula is C12H16N6OS. The zero-order chi connectivity index (χ0) is 14.5. The van der Waals surface area contributed by atoms with Crippen LogP contribution >= 0.6 is 11.8 Å². The van der Waals surface area contributed by atoms with Crippen LogP contribution in [0.4, 0.5) is 17.6 Å². The summed E-state index contributed by atoms with van der Waals surface area (Å²) in [7, 11) is 0. The van der Waals surface area contributed by atoms with Crippen LogP contribution in [0.3, 0.4) is 0 Å². The predicted octanol–water partition coefficient (Wildman–Crippen LogP) is 1.31. The van der Waals surface area contributed by atoms with Crippen LogP contribution in [0.15, 0.2) is 23.1 Å². The van der Waals surface area contributed by atoms with E-state index in [0.29, 0.717) is 23.9 Å². The first-order valence-electron chi connectivity index (χ1n) is 5.99. The van der Waals surface area contributed by atoms with Crippen molar-refractivity contribution in [1.82, 2.24) is 15.0 Å². The summed E-state index contributed by atoms with van der Waals surface area (Å²) in [5.41, 5.74) is 17.7. The van der Waals surface area contributed by atoms with Gasteiger partial charge in [-0.3, -0.25) is 0 Å². The first-order chi connectivity index (χ1) is 9.58. The number of hydrogen-bond donors (Lipinski definition) is 3. The molecule has 0 spiro atoms. The van der Waals surface area contributed by atoms with Crippen LogP contribution in [-0.2, 0) is 5.75 Å². The molecule has 1 aromatic carbocycles. The maximum absolute atomic E-state index is 5.93. The Bertz CT molecular complexity index is 586. The third-order valence-corrected chi connectivity index (χ3v) is 3.44. The second-order valence-electron chi connectivity index (χ2n) is 3.89. The highest BCUT2D eigenvalue weighted by atomic mass is 32.2. The van der Waals surface area contributed by atoms with Crippen LogP contribution in [0.25, 0.3) is 0 Å². The summed E-state index contributed by atoms with van der Waals surface area (Å²) in [6, 6.07) is 5.53. The molecule has 0 saturated carbocycles. The zero-order valence-electron chi connectivity index (χ0n) is 11.0. The predicted molar refractivity (Wildman–Crippen MR) is 80.2 cm³/mol. The molecule has 0 atom stereocenters. The van der Waals surface area contributed by atoms with Crippen molar-refractivity contribution in [3.05, 3.63) is 24.0 Å². The molecule has 0 amide bonds. The number of rotatable bonds is 5. The topological polar surface area (TPSA) is 126 Å². The number of benzene rings is 1. The third-order valence-electron chi connectivity index (χ3n) is 2.37. The number of thioether (sulfide) groups is 1. The Kier molecular flexibility index (Phi) is 4.46. The molecule has 0 unspecified atom stereocenters. The summed E-state index contributed by atoms with van der Waals surface area (Å²) in [5, 5.41) is 0. The second-order valence-corrected chi connectivity index (χ2v) is 4.91. The Hall–Kier alpha value is -2.22. The van der Waals surface area contributed by atoms with E-state index in [1.165, 1.54) is 11.8 Å². The largest absolute Gasteiger partial charge is 0.494 e. The van der Waals surface area contributed by atoms with Gasteiger partial charge in [0, 0.05) is 10.6 Å². The fourth-order valence-electron chi connectivity index (χ4n) is 1.56. The molecule has 20 heavy (non-hydrogen) atoms. The summed E-state index contributed by atoms with van der Waals surface area (Å²) < 4.78 is 5.44. The molecule has 0 aliphatic heterocycles.